The van der Waals surface area contributed by atoms with E-state index in [-0.39, 0.29) is 35.3 Å². The first-order valence-electron chi connectivity index (χ1n) is 13.1. The van der Waals surface area contributed by atoms with Crippen LogP contribution in [0.2, 0.25) is 10.0 Å². The van der Waals surface area contributed by atoms with E-state index in [1.165, 1.54) is 7.05 Å². The molecule has 0 saturated carbocycles. The van der Waals surface area contributed by atoms with Crippen LogP contribution in [0.1, 0.15) is 36.7 Å². The van der Waals surface area contributed by atoms with Gasteiger partial charge in [-0.25, -0.2) is 9.59 Å². The fourth-order valence-electron chi connectivity index (χ4n) is 3.73. The lowest BCUT2D eigenvalue weighted by molar-refractivity contribution is -0.147. The third-order valence-corrected chi connectivity index (χ3v) is 6.38. The number of rotatable bonds is 10. The van der Waals surface area contributed by atoms with E-state index >= 15 is 0 Å². The van der Waals surface area contributed by atoms with Crippen LogP contribution in [0.25, 0.3) is 11.1 Å². The summed E-state index contributed by atoms with van der Waals surface area (Å²) in [7, 11) is 1.41. The third kappa shape index (κ3) is 9.78. The number of nitrogens with one attached hydrogen (secondary N) is 2. The molecule has 42 heavy (non-hydrogen) atoms. The minimum atomic E-state index is -1.29. The molecule has 11 heteroatoms. The van der Waals surface area contributed by atoms with Crippen molar-refractivity contribution in [2.24, 2.45) is 0 Å². The number of hydrogen-bond donors (Lipinski definition) is 2. The van der Waals surface area contributed by atoms with E-state index in [9.17, 15) is 19.2 Å². The highest BCUT2D eigenvalue weighted by atomic mass is 35.5. The Morgan fingerprint density at radius 3 is 2.02 bits per heavy atom. The molecule has 0 aliphatic carbocycles. The number of amides is 3. The van der Waals surface area contributed by atoms with Crippen molar-refractivity contribution in [3.8, 4) is 11.1 Å². The minimum absolute atomic E-state index is 0.0325. The Bertz CT molecular complexity index is 1390. The van der Waals surface area contributed by atoms with Crippen molar-refractivity contribution in [1.82, 2.24) is 15.5 Å². The first-order valence-corrected chi connectivity index (χ1v) is 13.9. The van der Waals surface area contributed by atoms with E-state index in [0.29, 0.717) is 5.56 Å². The maximum atomic E-state index is 13.3. The molecule has 3 aromatic carbocycles. The number of likely N-dealkylation sites (N-methyl/N-ethyl adjacent to an activating group) is 1. The highest BCUT2D eigenvalue weighted by Crippen LogP contribution is 2.31. The fourth-order valence-corrected chi connectivity index (χ4v) is 4.39. The summed E-state index contributed by atoms with van der Waals surface area (Å²) in [6, 6.07) is 20.3. The Labute approximate surface area is 255 Å². The SMILES string of the molecule is CN(CC(=O)NC[C@H](NC(=O)c1c(Cl)cc(-c2ccccc2)cc1Cl)C(=O)OCc1ccccc1)C(=O)OC(C)(C)C. The molecule has 2 N–H and O–H groups in total. The van der Waals surface area contributed by atoms with Gasteiger partial charge < -0.3 is 25.0 Å². The van der Waals surface area contributed by atoms with Gasteiger partial charge in [-0.1, -0.05) is 83.9 Å². The molecule has 3 amide bonds. The first-order chi connectivity index (χ1) is 19.8. The molecule has 0 aromatic heterocycles. The lowest BCUT2D eigenvalue weighted by atomic mass is 10.0. The number of nitrogens with zero attached hydrogens (tertiary/aromatic N) is 1. The Kier molecular flexibility index (Phi) is 11.4. The maximum Gasteiger partial charge on any atom is 0.410 e. The van der Waals surface area contributed by atoms with Crippen LogP contribution in [0.15, 0.2) is 72.8 Å². The van der Waals surface area contributed by atoms with Gasteiger partial charge in [-0.05, 0) is 49.6 Å². The van der Waals surface area contributed by atoms with E-state index in [1.807, 2.05) is 36.4 Å². The average Bonchev–Trinajstić information content (AvgIpc) is 2.93. The predicted octanol–water partition coefficient (Wildman–Crippen LogP) is 5.49. The Morgan fingerprint density at radius 1 is 0.881 bits per heavy atom. The second kappa shape index (κ2) is 14.7. The monoisotopic (exact) mass is 613 g/mol. The fraction of sp³-hybridized carbons (Fsp3) is 0.290. The maximum absolute atomic E-state index is 13.3. The smallest absolute Gasteiger partial charge is 0.410 e. The number of esters is 1. The van der Waals surface area contributed by atoms with Crippen molar-refractivity contribution in [2.75, 3.05) is 20.1 Å². The topological polar surface area (TPSA) is 114 Å². The predicted molar refractivity (Wildman–Crippen MR) is 161 cm³/mol. The summed E-state index contributed by atoms with van der Waals surface area (Å²) in [5.41, 5.74) is 1.54. The lowest BCUT2D eigenvalue weighted by Crippen LogP contribution is -2.50. The molecule has 0 unspecified atom stereocenters. The molecule has 222 valence electrons. The molecule has 0 saturated heterocycles. The average molecular weight is 615 g/mol. The molecule has 0 aliphatic heterocycles. The van der Waals surface area contributed by atoms with Crippen LogP contribution in [0.3, 0.4) is 0 Å². The largest absolute Gasteiger partial charge is 0.459 e. The zero-order valence-electron chi connectivity index (χ0n) is 23.8. The standard InChI is InChI=1S/C31H33Cl2N3O6/c1-31(2,3)42-30(40)36(4)18-26(37)34-17-25(29(39)41-19-20-11-7-5-8-12-20)35-28(38)27-23(32)15-22(16-24(27)33)21-13-9-6-10-14-21/h5-16,25H,17-19H2,1-4H3,(H,34,37)(H,35,38)/t25-/m0/s1. The van der Waals surface area contributed by atoms with Gasteiger partial charge in [0.05, 0.1) is 15.6 Å². The molecule has 3 rings (SSSR count). The summed E-state index contributed by atoms with van der Waals surface area (Å²) in [4.78, 5) is 52.3. The van der Waals surface area contributed by atoms with Crippen LogP contribution < -0.4 is 10.6 Å². The van der Waals surface area contributed by atoms with Gasteiger partial charge in [0.15, 0.2) is 0 Å². The van der Waals surface area contributed by atoms with Gasteiger partial charge in [-0.15, -0.1) is 0 Å². The van der Waals surface area contributed by atoms with Gasteiger partial charge in [0, 0.05) is 13.6 Å². The summed E-state index contributed by atoms with van der Waals surface area (Å²) in [6.07, 6.45) is -0.687. The van der Waals surface area contributed by atoms with Crippen LogP contribution in [-0.2, 0) is 25.7 Å². The zero-order chi connectivity index (χ0) is 30.9. The third-order valence-electron chi connectivity index (χ3n) is 5.78. The van der Waals surface area contributed by atoms with Crippen LogP contribution in [0, 0.1) is 0 Å². The number of carbonyl (C=O) groups is 4. The number of carbonyl (C=O) groups excluding carboxylic acids is 4. The van der Waals surface area contributed by atoms with Crippen molar-refractivity contribution < 1.29 is 28.7 Å². The van der Waals surface area contributed by atoms with Crippen LogP contribution in [0.4, 0.5) is 4.79 Å². The first kappa shape index (κ1) is 32.4. The van der Waals surface area contributed by atoms with Crippen molar-refractivity contribution in [3.05, 3.63) is 94.0 Å². The number of halogens is 2. The summed E-state index contributed by atoms with van der Waals surface area (Å²) < 4.78 is 10.7. The molecule has 0 heterocycles. The molecule has 9 nitrogen and oxygen atoms in total. The second-order valence-corrected chi connectivity index (χ2v) is 11.3. The van der Waals surface area contributed by atoms with Crippen molar-refractivity contribution in [1.29, 1.82) is 0 Å². The summed E-state index contributed by atoms with van der Waals surface area (Å²) in [5.74, 6) is -2.10. The normalized spacial score (nSPS) is 11.7. The second-order valence-electron chi connectivity index (χ2n) is 10.4. The Morgan fingerprint density at radius 2 is 1.45 bits per heavy atom. The molecule has 0 bridgehead atoms. The van der Waals surface area contributed by atoms with E-state index in [0.717, 1.165) is 16.0 Å². The molecule has 0 aliphatic rings. The summed E-state index contributed by atoms with van der Waals surface area (Å²) >= 11 is 12.9. The zero-order valence-corrected chi connectivity index (χ0v) is 25.3. The van der Waals surface area contributed by atoms with Crippen LogP contribution in [0.5, 0.6) is 0 Å². The molecule has 0 fully saturated rings. The molecule has 1 atom stereocenters. The van der Waals surface area contributed by atoms with E-state index in [2.05, 4.69) is 10.6 Å². The van der Waals surface area contributed by atoms with Crippen LogP contribution >= 0.6 is 23.2 Å². The lowest BCUT2D eigenvalue weighted by Gasteiger charge is -2.24. The highest BCUT2D eigenvalue weighted by molar-refractivity contribution is 6.40. The minimum Gasteiger partial charge on any atom is -0.459 e. The molecule has 3 aromatic rings. The van der Waals surface area contributed by atoms with Gasteiger partial charge in [0.1, 0.15) is 24.8 Å². The van der Waals surface area contributed by atoms with E-state index in [1.54, 1.807) is 57.2 Å². The van der Waals surface area contributed by atoms with Crippen molar-refractivity contribution >= 4 is 47.1 Å². The van der Waals surface area contributed by atoms with Gasteiger partial charge in [0.2, 0.25) is 5.91 Å². The Balaban J connectivity index is 1.73. The van der Waals surface area contributed by atoms with Gasteiger partial charge >= 0.3 is 12.1 Å². The number of hydrogen-bond acceptors (Lipinski definition) is 6. The van der Waals surface area contributed by atoms with Crippen LogP contribution in [-0.4, -0.2) is 60.6 Å². The van der Waals surface area contributed by atoms with Gasteiger partial charge in [-0.3, -0.25) is 9.59 Å². The van der Waals surface area contributed by atoms with E-state index in [4.69, 9.17) is 32.7 Å². The highest BCUT2D eigenvalue weighted by Gasteiger charge is 2.27. The van der Waals surface area contributed by atoms with Crippen molar-refractivity contribution in [3.63, 3.8) is 0 Å². The number of benzene rings is 3. The molecular formula is C31H33Cl2N3O6. The molecule has 0 radical (unpaired) electrons. The van der Waals surface area contributed by atoms with E-state index < -0.39 is 35.5 Å². The van der Waals surface area contributed by atoms with Gasteiger partial charge in [0.25, 0.3) is 5.91 Å². The molecular weight excluding hydrogens is 581 g/mol. The summed E-state index contributed by atoms with van der Waals surface area (Å²) in [6.45, 7) is 4.42. The Hall–Kier alpha value is -4.08. The molecule has 0 spiro atoms. The number of ether oxygens (including phenoxy) is 2. The quantitative estimate of drug-likeness (QED) is 0.292. The summed E-state index contributed by atoms with van der Waals surface area (Å²) in [5, 5.41) is 5.29. The van der Waals surface area contributed by atoms with Crippen molar-refractivity contribution in [2.45, 2.75) is 39.0 Å². The van der Waals surface area contributed by atoms with Gasteiger partial charge in [-0.2, -0.15) is 0 Å².